The summed E-state index contributed by atoms with van der Waals surface area (Å²) in [5.74, 6) is -1.78. The lowest BCUT2D eigenvalue weighted by Gasteiger charge is -2.28. The summed E-state index contributed by atoms with van der Waals surface area (Å²) in [6.45, 7) is 9.73. The Balaban J connectivity index is 2.20. The van der Waals surface area contributed by atoms with Crippen molar-refractivity contribution in [2.45, 2.75) is 31.9 Å². The van der Waals surface area contributed by atoms with Gasteiger partial charge in [-0.2, -0.15) is 0 Å². The maximum Gasteiger partial charge on any atom is 0.335 e. The van der Waals surface area contributed by atoms with E-state index >= 15 is 0 Å². The van der Waals surface area contributed by atoms with E-state index in [0.29, 0.717) is 44.1 Å². The minimum Gasteiger partial charge on any atom is -0.481 e. The Morgan fingerprint density at radius 3 is 2.45 bits per heavy atom. The Bertz CT molecular complexity index is 957. The molecule has 0 heterocycles. The Kier molecular flexibility index (Phi) is 10.8. The maximum absolute atomic E-state index is 11.1. The van der Waals surface area contributed by atoms with Crippen LogP contribution in [0.5, 0.6) is 0 Å². The highest BCUT2D eigenvalue weighted by molar-refractivity contribution is 6.30. The number of carboxylic acids is 2. The largest absolute Gasteiger partial charge is 0.481 e. The molecule has 6 nitrogen and oxygen atoms in total. The summed E-state index contributed by atoms with van der Waals surface area (Å²) in [6.07, 6.45) is 2.76. The molecule has 2 N–H and O–H groups in total. The number of halogens is 1. The lowest BCUT2D eigenvalue weighted by molar-refractivity contribution is -0.137. The number of carboxylic acid groups (broad SMARTS) is 2. The average Bonchev–Trinajstić information content (AvgIpc) is 2.79. The van der Waals surface area contributed by atoms with E-state index in [-0.39, 0.29) is 18.1 Å². The fourth-order valence-electron chi connectivity index (χ4n) is 3.32. The highest BCUT2D eigenvalue weighted by Crippen LogP contribution is 2.24. The smallest absolute Gasteiger partial charge is 0.335 e. The molecule has 0 fully saturated rings. The summed E-state index contributed by atoms with van der Waals surface area (Å²) in [5, 5.41) is 18.7. The molecule has 0 aliphatic rings. The number of hydrogen-bond acceptors (Lipinski definition) is 4. The van der Waals surface area contributed by atoms with E-state index in [1.165, 1.54) is 0 Å². The van der Waals surface area contributed by atoms with Crippen LogP contribution in [0.15, 0.2) is 73.3 Å². The van der Waals surface area contributed by atoms with Crippen LogP contribution in [-0.4, -0.2) is 46.7 Å². The third-order valence-corrected chi connectivity index (χ3v) is 5.36. The molecular weight excluding hydrogens is 442 g/mol. The van der Waals surface area contributed by atoms with Gasteiger partial charge in [-0.25, -0.2) is 4.79 Å². The van der Waals surface area contributed by atoms with E-state index < -0.39 is 11.9 Å². The predicted molar refractivity (Wildman–Crippen MR) is 130 cm³/mol. The van der Waals surface area contributed by atoms with Gasteiger partial charge < -0.3 is 14.9 Å². The van der Waals surface area contributed by atoms with Gasteiger partial charge in [0.05, 0.1) is 18.3 Å². The Labute approximate surface area is 199 Å². The summed E-state index contributed by atoms with van der Waals surface area (Å²) in [6, 6.07) is 14.3. The molecule has 33 heavy (non-hydrogen) atoms. The van der Waals surface area contributed by atoms with Crippen LogP contribution in [-0.2, 0) is 16.1 Å². The highest BCUT2D eigenvalue weighted by Gasteiger charge is 2.18. The minimum absolute atomic E-state index is 0.120. The number of unbranched alkanes of at least 4 members (excludes halogenated alkanes) is 1. The van der Waals surface area contributed by atoms with Gasteiger partial charge in [-0.15, -0.1) is 0 Å². The average molecular weight is 472 g/mol. The van der Waals surface area contributed by atoms with Crippen molar-refractivity contribution in [3.8, 4) is 0 Å². The van der Waals surface area contributed by atoms with E-state index in [1.54, 1.807) is 36.4 Å². The number of ether oxygens (including phenoxy) is 1. The quantitative estimate of drug-likeness (QED) is 0.260. The first-order valence-electron chi connectivity index (χ1n) is 10.7. The molecule has 0 aliphatic carbocycles. The number of aliphatic carboxylic acids is 1. The zero-order valence-electron chi connectivity index (χ0n) is 18.6. The molecule has 0 radical (unpaired) electrons. The molecular formula is C26H30ClNO5. The summed E-state index contributed by atoms with van der Waals surface area (Å²) in [5.41, 5.74) is 2.88. The van der Waals surface area contributed by atoms with Crippen molar-refractivity contribution >= 4 is 23.5 Å². The molecule has 0 aliphatic heterocycles. The van der Waals surface area contributed by atoms with Gasteiger partial charge in [-0.1, -0.05) is 55.1 Å². The lowest BCUT2D eigenvalue weighted by atomic mass is 10.1. The van der Waals surface area contributed by atoms with Gasteiger partial charge in [-0.05, 0) is 60.4 Å². The van der Waals surface area contributed by atoms with Gasteiger partial charge in [-0.3, -0.25) is 9.69 Å². The third kappa shape index (κ3) is 9.61. The molecule has 2 rings (SSSR count). The van der Waals surface area contributed by atoms with E-state index in [2.05, 4.69) is 18.1 Å². The summed E-state index contributed by atoms with van der Waals surface area (Å²) < 4.78 is 6.16. The van der Waals surface area contributed by atoms with Crippen LogP contribution in [0.2, 0.25) is 5.02 Å². The second-order valence-electron chi connectivity index (χ2n) is 7.81. The van der Waals surface area contributed by atoms with Crippen LogP contribution in [0, 0.1) is 0 Å². The number of carbonyl (C=O) groups is 2. The molecule has 0 saturated carbocycles. The van der Waals surface area contributed by atoms with Crippen LogP contribution in [0.3, 0.4) is 0 Å². The molecule has 0 saturated heterocycles. The first-order valence-corrected chi connectivity index (χ1v) is 11.1. The van der Waals surface area contributed by atoms with Crippen molar-refractivity contribution < 1.29 is 24.5 Å². The summed E-state index contributed by atoms with van der Waals surface area (Å²) in [7, 11) is 0. The molecule has 1 atom stereocenters. The number of hydrogen-bond donors (Lipinski definition) is 2. The van der Waals surface area contributed by atoms with Crippen LogP contribution in [0.4, 0.5) is 0 Å². The zero-order chi connectivity index (χ0) is 24.2. The molecule has 2 aromatic rings. The van der Waals surface area contributed by atoms with Gasteiger partial charge in [0.1, 0.15) is 0 Å². The molecule has 0 bridgehead atoms. The SMILES string of the molecule is C=CC(=C)CO[C@@H](CN(CCCCC(=O)O)Cc1ccc(C(=O)O)cc1)c1cccc(Cl)c1. The van der Waals surface area contributed by atoms with E-state index in [1.807, 2.05) is 18.2 Å². The van der Waals surface area contributed by atoms with Crippen molar-refractivity contribution in [1.82, 2.24) is 4.90 Å². The van der Waals surface area contributed by atoms with Gasteiger partial charge >= 0.3 is 11.9 Å². The number of rotatable bonds is 15. The first-order chi connectivity index (χ1) is 15.8. The van der Waals surface area contributed by atoms with Crippen LogP contribution >= 0.6 is 11.6 Å². The van der Waals surface area contributed by atoms with Gasteiger partial charge in [0.15, 0.2) is 0 Å². The summed E-state index contributed by atoms with van der Waals surface area (Å²) in [4.78, 5) is 24.2. The number of benzene rings is 2. The molecule has 0 unspecified atom stereocenters. The number of aromatic carboxylic acids is 1. The van der Waals surface area contributed by atoms with Gasteiger partial charge in [0.25, 0.3) is 0 Å². The third-order valence-electron chi connectivity index (χ3n) is 5.13. The first kappa shape index (κ1) is 26.3. The topological polar surface area (TPSA) is 87.1 Å². The summed E-state index contributed by atoms with van der Waals surface area (Å²) >= 11 is 6.21. The Morgan fingerprint density at radius 1 is 1.12 bits per heavy atom. The van der Waals surface area contributed by atoms with E-state index in [0.717, 1.165) is 16.7 Å². The molecule has 7 heteroatoms. The zero-order valence-corrected chi connectivity index (χ0v) is 19.3. The van der Waals surface area contributed by atoms with Crippen LogP contribution < -0.4 is 0 Å². The van der Waals surface area contributed by atoms with Gasteiger partial charge in [0, 0.05) is 24.5 Å². The van der Waals surface area contributed by atoms with E-state index in [9.17, 15) is 9.59 Å². The second-order valence-corrected chi connectivity index (χ2v) is 8.24. The van der Waals surface area contributed by atoms with Crippen molar-refractivity contribution in [2.24, 2.45) is 0 Å². The van der Waals surface area contributed by atoms with Crippen molar-refractivity contribution in [3.63, 3.8) is 0 Å². The number of nitrogens with zero attached hydrogens (tertiary/aromatic N) is 1. The highest BCUT2D eigenvalue weighted by atomic mass is 35.5. The molecule has 0 spiro atoms. The lowest BCUT2D eigenvalue weighted by Crippen LogP contribution is -2.31. The fourth-order valence-corrected chi connectivity index (χ4v) is 3.52. The van der Waals surface area contributed by atoms with Crippen LogP contribution in [0.25, 0.3) is 0 Å². The Morgan fingerprint density at radius 2 is 1.85 bits per heavy atom. The van der Waals surface area contributed by atoms with Crippen molar-refractivity contribution in [1.29, 1.82) is 0 Å². The minimum atomic E-state index is -0.969. The van der Waals surface area contributed by atoms with Crippen LogP contribution in [0.1, 0.15) is 46.9 Å². The predicted octanol–water partition coefficient (Wildman–Crippen LogP) is 5.60. The van der Waals surface area contributed by atoms with Gasteiger partial charge in [0.2, 0.25) is 0 Å². The fraction of sp³-hybridized carbons (Fsp3) is 0.308. The Hall–Kier alpha value is -2.93. The van der Waals surface area contributed by atoms with Crippen molar-refractivity contribution in [2.75, 3.05) is 19.7 Å². The molecule has 0 aromatic heterocycles. The normalized spacial score (nSPS) is 11.8. The van der Waals surface area contributed by atoms with Crippen molar-refractivity contribution in [3.05, 3.63) is 95.1 Å². The second kappa shape index (κ2) is 13.6. The molecule has 2 aromatic carbocycles. The van der Waals surface area contributed by atoms with E-state index in [4.69, 9.17) is 26.6 Å². The monoisotopic (exact) mass is 471 g/mol. The standard InChI is InChI=1S/C26H30ClNO5/c1-3-19(2)18-33-24(22-7-6-8-23(27)15-22)17-28(14-5-4-9-25(29)30)16-20-10-12-21(13-11-20)26(31)32/h3,6-8,10-13,15,24H,1-2,4-5,9,14,16-18H2,(H,29,30)(H,31,32)/t24-/m0/s1. The molecule has 0 amide bonds. The molecule has 176 valence electrons. The maximum atomic E-state index is 11.1.